The van der Waals surface area contributed by atoms with Crippen LogP contribution >= 0.6 is 0 Å². The van der Waals surface area contributed by atoms with E-state index in [1.165, 1.54) is 0 Å². The lowest BCUT2D eigenvalue weighted by Gasteiger charge is -2.23. The summed E-state index contributed by atoms with van der Waals surface area (Å²) in [7, 11) is -2.34. The van der Waals surface area contributed by atoms with Gasteiger partial charge in [0.2, 0.25) is 5.88 Å². The molecule has 1 spiro atoms. The zero-order valence-electron chi connectivity index (χ0n) is 22.8. The van der Waals surface area contributed by atoms with E-state index in [2.05, 4.69) is 9.88 Å². The first kappa shape index (κ1) is 27.1. The summed E-state index contributed by atoms with van der Waals surface area (Å²) >= 11 is 0. The van der Waals surface area contributed by atoms with Gasteiger partial charge in [-0.05, 0) is 62.8 Å². The minimum absolute atomic E-state index is 0.0838. The van der Waals surface area contributed by atoms with Gasteiger partial charge in [0.1, 0.15) is 11.4 Å². The third kappa shape index (κ3) is 5.10. The Balaban J connectivity index is 1.48. The van der Waals surface area contributed by atoms with E-state index in [1.807, 2.05) is 31.2 Å². The summed E-state index contributed by atoms with van der Waals surface area (Å²) in [6.45, 7) is 6.29. The molecule has 1 aromatic heterocycles. The number of amidine groups is 1. The van der Waals surface area contributed by atoms with Crippen molar-refractivity contribution >= 4 is 27.7 Å². The average molecular weight is 551 g/mol. The molecule has 0 bridgehead atoms. The number of sulfonamides is 1. The second-order valence-corrected chi connectivity index (χ2v) is 12.0. The number of aryl methyl sites for hydroxylation is 1. The maximum absolute atomic E-state index is 13.5. The van der Waals surface area contributed by atoms with Gasteiger partial charge in [-0.2, -0.15) is 0 Å². The van der Waals surface area contributed by atoms with Crippen LogP contribution in [-0.2, 0) is 32.5 Å². The summed E-state index contributed by atoms with van der Waals surface area (Å²) in [6, 6.07) is 12.8. The lowest BCUT2D eigenvalue weighted by atomic mass is 9.95. The Hall–Kier alpha value is -3.50. The Morgan fingerprint density at radius 1 is 1.08 bits per heavy atom. The Bertz CT molecular complexity index is 1540. The highest BCUT2D eigenvalue weighted by Gasteiger charge is 2.48. The first-order valence-corrected chi connectivity index (χ1v) is 14.7. The topological polar surface area (TPSA) is 114 Å². The summed E-state index contributed by atoms with van der Waals surface area (Å²) in [6.07, 6.45) is 4.25. The minimum Gasteiger partial charge on any atom is -0.384 e. The highest BCUT2D eigenvalue weighted by Crippen LogP contribution is 2.40. The SMILES string of the molecule is COCCc1cc(CN2C(=O)C3(CCCC3)N=C2C)ccc1-c1ccccc1S(=O)(=O)Nc1onc(C)c1C. The van der Waals surface area contributed by atoms with Crippen LogP contribution in [-0.4, -0.2) is 49.5 Å². The molecule has 1 saturated carbocycles. The van der Waals surface area contributed by atoms with Crippen LogP contribution < -0.4 is 4.72 Å². The molecule has 10 heteroatoms. The average Bonchev–Trinajstić information content (AvgIpc) is 3.58. The molecular weight excluding hydrogens is 516 g/mol. The summed E-state index contributed by atoms with van der Waals surface area (Å²) in [5.74, 6) is 0.940. The first-order chi connectivity index (χ1) is 18.6. The molecule has 0 unspecified atom stereocenters. The number of anilines is 1. The van der Waals surface area contributed by atoms with Gasteiger partial charge in [-0.3, -0.25) is 14.7 Å². The van der Waals surface area contributed by atoms with Crippen molar-refractivity contribution < 1.29 is 22.5 Å². The van der Waals surface area contributed by atoms with E-state index in [0.29, 0.717) is 36.4 Å². The molecular formula is C29H34N4O5S. The van der Waals surface area contributed by atoms with Crippen LogP contribution in [0.2, 0.25) is 0 Å². The number of aromatic nitrogens is 1. The molecule has 9 nitrogen and oxygen atoms in total. The van der Waals surface area contributed by atoms with Gasteiger partial charge < -0.3 is 9.26 Å². The highest BCUT2D eigenvalue weighted by atomic mass is 32.2. The third-order valence-corrected chi connectivity index (χ3v) is 9.17. The largest absolute Gasteiger partial charge is 0.384 e. The highest BCUT2D eigenvalue weighted by molar-refractivity contribution is 7.92. The predicted octanol–water partition coefficient (Wildman–Crippen LogP) is 5.02. The van der Waals surface area contributed by atoms with Gasteiger partial charge >= 0.3 is 0 Å². The number of hydrogen-bond donors (Lipinski definition) is 1. The monoisotopic (exact) mass is 550 g/mol. The molecule has 206 valence electrons. The summed E-state index contributed by atoms with van der Waals surface area (Å²) in [4.78, 5) is 20.0. The quantitative estimate of drug-likeness (QED) is 0.400. The number of ether oxygens (including phenoxy) is 1. The van der Waals surface area contributed by atoms with Crippen LogP contribution in [0.4, 0.5) is 5.88 Å². The van der Waals surface area contributed by atoms with E-state index in [-0.39, 0.29) is 16.7 Å². The second kappa shape index (κ2) is 10.6. The molecule has 1 N–H and O–H groups in total. The van der Waals surface area contributed by atoms with Crippen molar-refractivity contribution in [2.75, 3.05) is 18.4 Å². The molecule has 0 radical (unpaired) electrons. The maximum atomic E-state index is 13.5. The standard InChI is InChI=1S/C29H34N4O5S/c1-19-20(2)31-38-27(19)32-39(35,36)26-10-6-5-9-25(26)24-12-11-22(17-23(24)13-16-37-4)18-33-21(3)30-29(28(33)34)14-7-8-15-29/h5-6,9-12,17,32H,7-8,13-16,18H2,1-4H3. The van der Waals surface area contributed by atoms with Gasteiger partial charge in [0.15, 0.2) is 0 Å². The van der Waals surface area contributed by atoms with Crippen molar-refractivity contribution in [2.45, 2.75) is 69.9 Å². The van der Waals surface area contributed by atoms with Crippen LogP contribution in [0.3, 0.4) is 0 Å². The van der Waals surface area contributed by atoms with Gasteiger partial charge in [-0.1, -0.05) is 54.4 Å². The van der Waals surface area contributed by atoms with E-state index in [4.69, 9.17) is 14.3 Å². The molecule has 2 heterocycles. The van der Waals surface area contributed by atoms with Gasteiger partial charge in [0.25, 0.3) is 15.9 Å². The van der Waals surface area contributed by atoms with Crippen molar-refractivity contribution in [3.63, 3.8) is 0 Å². The molecule has 1 amide bonds. The lowest BCUT2D eigenvalue weighted by Crippen LogP contribution is -2.40. The van der Waals surface area contributed by atoms with E-state index in [0.717, 1.165) is 48.2 Å². The van der Waals surface area contributed by atoms with Crippen molar-refractivity contribution in [1.29, 1.82) is 0 Å². The zero-order valence-corrected chi connectivity index (χ0v) is 23.6. The third-order valence-electron chi connectivity index (χ3n) is 7.78. The molecule has 0 atom stereocenters. The van der Waals surface area contributed by atoms with Gasteiger partial charge in [-0.15, -0.1) is 0 Å². The summed E-state index contributed by atoms with van der Waals surface area (Å²) in [5, 5.41) is 3.86. The van der Waals surface area contributed by atoms with Crippen LogP contribution in [0.15, 0.2) is 56.9 Å². The predicted molar refractivity (Wildman–Crippen MR) is 149 cm³/mol. The smallest absolute Gasteiger partial charge is 0.264 e. The maximum Gasteiger partial charge on any atom is 0.264 e. The summed E-state index contributed by atoms with van der Waals surface area (Å²) in [5.41, 5.74) is 3.91. The number of aliphatic imine (C=N–C) groups is 1. The number of carbonyl (C=O) groups is 1. The molecule has 2 aliphatic rings. The first-order valence-electron chi connectivity index (χ1n) is 13.2. The van der Waals surface area contributed by atoms with Gasteiger partial charge in [0.05, 0.1) is 23.7 Å². The molecule has 0 saturated heterocycles. The molecule has 1 fully saturated rings. The minimum atomic E-state index is -3.98. The lowest BCUT2D eigenvalue weighted by molar-refractivity contribution is -0.131. The fourth-order valence-corrected chi connectivity index (χ4v) is 6.78. The normalized spacial score (nSPS) is 16.8. The molecule has 3 aromatic rings. The van der Waals surface area contributed by atoms with E-state index in [9.17, 15) is 13.2 Å². The van der Waals surface area contributed by atoms with Crippen molar-refractivity contribution in [1.82, 2.24) is 10.1 Å². The van der Waals surface area contributed by atoms with E-state index in [1.54, 1.807) is 44.1 Å². The molecule has 2 aromatic carbocycles. The number of carbonyl (C=O) groups excluding carboxylic acids is 1. The number of rotatable bonds is 9. The van der Waals surface area contributed by atoms with Crippen molar-refractivity contribution in [3.05, 3.63) is 64.8 Å². The van der Waals surface area contributed by atoms with Gasteiger partial charge in [0, 0.05) is 18.2 Å². The number of benzene rings is 2. The number of nitrogens with one attached hydrogen (secondary N) is 1. The fraction of sp³-hybridized carbons (Fsp3) is 0.414. The zero-order chi connectivity index (χ0) is 27.8. The number of hydrogen-bond acceptors (Lipinski definition) is 7. The Labute approximate surface area is 229 Å². The second-order valence-electron chi connectivity index (χ2n) is 10.3. The van der Waals surface area contributed by atoms with Crippen LogP contribution in [0.1, 0.15) is 55.0 Å². The molecule has 1 aliphatic carbocycles. The molecule has 39 heavy (non-hydrogen) atoms. The Kier molecular flexibility index (Phi) is 7.35. The number of methoxy groups -OCH3 is 1. The molecule has 1 aliphatic heterocycles. The Morgan fingerprint density at radius 3 is 2.51 bits per heavy atom. The molecule has 5 rings (SSSR count). The van der Waals surface area contributed by atoms with Crippen molar-refractivity contribution in [2.24, 2.45) is 4.99 Å². The fourth-order valence-electron chi connectivity index (χ4n) is 5.51. The van der Waals surface area contributed by atoms with E-state index < -0.39 is 15.6 Å². The van der Waals surface area contributed by atoms with E-state index >= 15 is 0 Å². The summed E-state index contributed by atoms with van der Waals surface area (Å²) < 4.78 is 40.1. The number of amides is 1. The van der Waals surface area contributed by atoms with Crippen LogP contribution in [0, 0.1) is 13.8 Å². The van der Waals surface area contributed by atoms with Crippen molar-refractivity contribution in [3.8, 4) is 11.1 Å². The van der Waals surface area contributed by atoms with Crippen LogP contribution in [0.5, 0.6) is 0 Å². The number of nitrogens with zero attached hydrogens (tertiary/aromatic N) is 3. The van der Waals surface area contributed by atoms with Crippen LogP contribution in [0.25, 0.3) is 11.1 Å². The van der Waals surface area contributed by atoms with Gasteiger partial charge in [-0.25, -0.2) is 13.1 Å². The Morgan fingerprint density at radius 2 is 1.82 bits per heavy atom.